The number of allylic oxidation sites excluding steroid dienone is 1. The van der Waals surface area contributed by atoms with Crippen LogP contribution in [0.5, 0.6) is 0 Å². The molecule has 0 saturated heterocycles. The number of rotatable bonds is 7. The smallest absolute Gasteiger partial charge is 0.326 e. The highest BCUT2D eigenvalue weighted by molar-refractivity contribution is 6.04. The molecule has 0 aliphatic rings. The first kappa shape index (κ1) is 20.9. The predicted molar refractivity (Wildman–Crippen MR) is 114 cm³/mol. The number of para-hydroxylation sites is 1. The van der Waals surface area contributed by atoms with Gasteiger partial charge in [0.05, 0.1) is 0 Å². The molecule has 0 fully saturated rings. The molecule has 1 heterocycles. The molecule has 4 N–H and O–H groups in total. The van der Waals surface area contributed by atoms with E-state index in [2.05, 4.69) is 15.6 Å². The fourth-order valence-corrected chi connectivity index (χ4v) is 3.13. The molecule has 0 radical (unpaired) electrons. The number of fused-ring (bicyclic) bond motifs is 1. The number of H-pyrrole nitrogens is 1. The minimum Gasteiger partial charge on any atom is -0.480 e. The molecule has 0 bridgehead atoms. The number of aromatic amines is 1. The third-order valence-electron chi connectivity index (χ3n) is 4.70. The van der Waals surface area contributed by atoms with Gasteiger partial charge in [0.2, 0.25) is 0 Å². The first-order chi connectivity index (χ1) is 14.4. The Balaban J connectivity index is 1.76. The Morgan fingerprint density at radius 1 is 1.00 bits per heavy atom. The number of nitrogens with one attached hydrogen (secondary N) is 3. The van der Waals surface area contributed by atoms with Crippen molar-refractivity contribution >= 4 is 28.7 Å². The summed E-state index contributed by atoms with van der Waals surface area (Å²) in [5.74, 6) is -2.24. The molecule has 1 aromatic heterocycles. The highest BCUT2D eigenvalue weighted by Gasteiger charge is 2.25. The van der Waals surface area contributed by atoms with Gasteiger partial charge in [-0.25, -0.2) is 4.79 Å². The molecular formula is C23H23N3O4. The second-order valence-electron chi connectivity index (χ2n) is 7.12. The summed E-state index contributed by atoms with van der Waals surface area (Å²) in [5, 5.41) is 15.7. The fraction of sp³-hybridized carbons (Fsp3) is 0.174. The van der Waals surface area contributed by atoms with Gasteiger partial charge in [0, 0.05) is 29.1 Å². The van der Waals surface area contributed by atoms with Crippen LogP contribution >= 0.6 is 0 Å². The van der Waals surface area contributed by atoms with E-state index in [1.807, 2.05) is 24.3 Å². The lowest BCUT2D eigenvalue weighted by Gasteiger charge is -2.17. The molecule has 0 aliphatic carbocycles. The van der Waals surface area contributed by atoms with Crippen molar-refractivity contribution in [2.24, 2.45) is 0 Å². The number of hydrogen-bond acceptors (Lipinski definition) is 3. The first-order valence-corrected chi connectivity index (χ1v) is 9.49. The summed E-state index contributed by atoms with van der Waals surface area (Å²) >= 11 is 0. The van der Waals surface area contributed by atoms with Crippen LogP contribution in [0.25, 0.3) is 10.9 Å². The Bertz CT molecular complexity index is 1110. The van der Waals surface area contributed by atoms with Crippen LogP contribution in [-0.4, -0.2) is 33.9 Å². The van der Waals surface area contributed by atoms with Crippen LogP contribution < -0.4 is 10.6 Å². The van der Waals surface area contributed by atoms with Crippen molar-refractivity contribution in [3.63, 3.8) is 0 Å². The lowest BCUT2D eigenvalue weighted by atomic mass is 10.0. The number of benzene rings is 2. The molecule has 0 saturated carbocycles. The summed E-state index contributed by atoms with van der Waals surface area (Å²) in [6.07, 6.45) is 1.85. The Morgan fingerprint density at radius 2 is 1.67 bits per heavy atom. The molecular weight excluding hydrogens is 382 g/mol. The highest BCUT2D eigenvalue weighted by atomic mass is 16.4. The molecule has 7 heteroatoms. The van der Waals surface area contributed by atoms with Gasteiger partial charge in [-0.15, -0.1) is 0 Å². The van der Waals surface area contributed by atoms with Crippen molar-refractivity contribution in [2.45, 2.75) is 26.3 Å². The summed E-state index contributed by atoms with van der Waals surface area (Å²) in [4.78, 5) is 40.1. The van der Waals surface area contributed by atoms with E-state index in [1.165, 1.54) is 0 Å². The lowest BCUT2D eigenvalue weighted by Crippen LogP contribution is -2.45. The van der Waals surface area contributed by atoms with Gasteiger partial charge in [-0.2, -0.15) is 0 Å². The summed E-state index contributed by atoms with van der Waals surface area (Å²) in [7, 11) is 0. The molecule has 3 aromatic rings. The van der Waals surface area contributed by atoms with Crippen LogP contribution in [0.4, 0.5) is 0 Å². The third kappa shape index (κ3) is 4.75. The lowest BCUT2D eigenvalue weighted by molar-refractivity contribution is -0.141. The van der Waals surface area contributed by atoms with Crippen molar-refractivity contribution in [2.75, 3.05) is 0 Å². The van der Waals surface area contributed by atoms with Crippen LogP contribution in [-0.2, 0) is 16.0 Å². The topological polar surface area (TPSA) is 111 Å². The first-order valence-electron chi connectivity index (χ1n) is 9.49. The Kier molecular flexibility index (Phi) is 6.32. The van der Waals surface area contributed by atoms with Gasteiger partial charge in [0.15, 0.2) is 0 Å². The summed E-state index contributed by atoms with van der Waals surface area (Å²) < 4.78 is 0. The standard InChI is InChI=1S/C23H23N3O4/c1-14(2)20(26-21(27)15-8-4-3-5-9-15)22(28)25-19(23(29)30)12-16-13-24-18-11-7-6-10-17(16)18/h3-11,13,19,24H,12H2,1-2H3,(H,25,28)(H,26,27)(H,29,30). The molecule has 0 spiro atoms. The SMILES string of the molecule is CC(C)=C(NC(=O)c1ccccc1)C(=O)NC(Cc1c[nH]c2ccccc12)C(=O)O. The largest absolute Gasteiger partial charge is 0.480 e. The zero-order chi connectivity index (χ0) is 21.7. The normalized spacial score (nSPS) is 11.5. The summed E-state index contributed by atoms with van der Waals surface area (Å²) in [5.41, 5.74) is 2.67. The third-order valence-corrected chi connectivity index (χ3v) is 4.70. The second-order valence-corrected chi connectivity index (χ2v) is 7.12. The van der Waals surface area contributed by atoms with Crippen molar-refractivity contribution in [1.82, 2.24) is 15.6 Å². The zero-order valence-electron chi connectivity index (χ0n) is 16.7. The van der Waals surface area contributed by atoms with E-state index in [1.54, 1.807) is 50.4 Å². The summed E-state index contributed by atoms with van der Waals surface area (Å²) in [6, 6.07) is 14.9. The second kappa shape index (κ2) is 9.09. The Hall–Kier alpha value is -3.87. The molecule has 2 amide bonds. The molecule has 30 heavy (non-hydrogen) atoms. The molecule has 7 nitrogen and oxygen atoms in total. The van der Waals surface area contributed by atoms with Gasteiger partial charge >= 0.3 is 5.97 Å². The van der Waals surface area contributed by atoms with Crippen LogP contribution in [0.3, 0.4) is 0 Å². The van der Waals surface area contributed by atoms with E-state index < -0.39 is 23.8 Å². The Labute approximate surface area is 173 Å². The average Bonchev–Trinajstić information content (AvgIpc) is 3.14. The Morgan fingerprint density at radius 3 is 2.33 bits per heavy atom. The zero-order valence-corrected chi connectivity index (χ0v) is 16.7. The molecule has 1 unspecified atom stereocenters. The highest BCUT2D eigenvalue weighted by Crippen LogP contribution is 2.19. The predicted octanol–water partition coefficient (Wildman–Crippen LogP) is 3.00. The number of carbonyl (C=O) groups is 3. The molecule has 1 atom stereocenters. The monoisotopic (exact) mass is 405 g/mol. The van der Waals surface area contributed by atoms with Gasteiger partial charge in [0.1, 0.15) is 11.7 Å². The number of aliphatic carboxylic acids is 1. The fourth-order valence-electron chi connectivity index (χ4n) is 3.13. The molecule has 0 aliphatic heterocycles. The number of carboxylic acids is 1. The summed E-state index contributed by atoms with van der Waals surface area (Å²) in [6.45, 7) is 3.35. The van der Waals surface area contributed by atoms with Gasteiger partial charge in [-0.1, -0.05) is 36.4 Å². The van der Waals surface area contributed by atoms with Crippen molar-refractivity contribution in [1.29, 1.82) is 0 Å². The quantitative estimate of drug-likeness (QED) is 0.453. The van der Waals surface area contributed by atoms with Crippen molar-refractivity contribution in [3.8, 4) is 0 Å². The molecule has 154 valence electrons. The van der Waals surface area contributed by atoms with Crippen molar-refractivity contribution in [3.05, 3.63) is 83.2 Å². The van der Waals surface area contributed by atoms with Gasteiger partial charge in [-0.05, 0) is 43.2 Å². The number of hydrogen-bond donors (Lipinski definition) is 4. The van der Waals surface area contributed by atoms with E-state index in [0.717, 1.165) is 16.5 Å². The maximum Gasteiger partial charge on any atom is 0.326 e. The van der Waals surface area contributed by atoms with Crippen LogP contribution in [0.15, 0.2) is 72.1 Å². The van der Waals surface area contributed by atoms with E-state index in [9.17, 15) is 19.5 Å². The molecule has 3 rings (SSSR count). The minimum absolute atomic E-state index is 0.0361. The number of amides is 2. The van der Waals surface area contributed by atoms with Gasteiger partial charge < -0.3 is 20.7 Å². The van der Waals surface area contributed by atoms with Gasteiger partial charge in [-0.3, -0.25) is 9.59 Å². The maximum atomic E-state index is 12.8. The minimum atomic E-state index is -1.16. The van der Waals surface area contributed by atoms with E-state index in [4.69, 9.17) is 0 Å². The van der Waals surface area contributed by atoms with Crippen LogP contribution in [0.1, 0.15) is 29.8 Å². The van der Waals surface area contributed by atoms with Crippen LogP contribution in [0.2, 0.25) is 0 Å². The van der Waals surface area contributed by atoms with E-state index in [0.29, 0.717) is 11.1 Å². The average molecular weight is 405 g/mol. The van der Waals surface area contributed by atoms with Crippen molar-refractivity contribution < 1.29 is 19.5 Å². The maximum absolute atomic E-state index is 12.8. The number of carboxylic acid groups (broad SMARTS) is 1. The van der Waals surface area contributed by atoms with E-state index >= 15 is 0 Å². The van der Waals surface area contributed by atoms with Crippen LogP contribution in [0, 0.1) is 0 Å². The number of carbonyl (C=O) groups excluding carboxylic acids is 2. The number of aromatic nitrogens is 1. The van der Waals surface area contributed by atoms with Gasteiger partial charge in [0.25, 0.3) is 11.8 Å². The van der Waals surface area contributed by atoms with E-state index in [-0.39, 0.29) is 12.1 Å². The molecule has 2 aromatic carbocycles.